The summed E-state index contributed by atoms with van der Waals surface area (Å²) < 4.78 is 12.2. The second-order valence-electron chi connectivity index (χ2n) is 6.46. The SMILES string of the molecule is CCOC(=O)c1nn(-c2ccc(OC)cc2)c2c1CN(C(=O)CCCCl)CC2. The summed E-state index contributed by atoms with van der Waals surface area (Å²) in [6.07, 6.45) is 1.65. The Hall–Kier alpha value is -2.54. The predicted octanol–water partition coefficient (Wildman–Crippen LogP) is 2.96. The molecule has 1 aliphatic rings. The zero-order valence-electron chi connectivity index (χ0n) is 16.1. The van der Waals surface area contributed by atoms with Crippen LogP contribution in [0.1, 0.15) is 41.5 Å². The molecular weight excluding hydrogens is 382 g/mol. The molecule has 0 atom stereocenters. The molecule has 0 radical (unpaired) electrons. The maximum absolute atomic E-state index is 12.5. The van der Waals surface area contributed by atoms with Crippen LogP contribution in [0, 0.1) is 0 Å². The lowest BCUT2D eigenvalue weighted by Crippen LogP contribution is -2.36. The summed E-state index contributed by atoms with van der Waals surface area (Å²) >= 11 is 5.71. The molecule has 1 aromatic heterocycles. The average Bonchev–Trinajstić information content (AvgIpc) is 3.11. The molecule has 0 N–H and O–H groups in total. The molecule has 2 heterocycles. The Labute approximate surface area is 169 Å². The number of alkyl halides is 1. The van der Waals surface area contributed by atoms with Gasteiger partial charge in [-0.05, 0) is 37.6 Å². The van der Waals surface area contributed by atoms with E-state index in [-0.39, 0.29) is 18.2 Å². The van der Waals surface area contributed by atoms with Gasteiger partial charge in [0.1, 0.15) is 5.75 Å². The van der Waals surface area contributed by atoms with Gasteiger partial charge in [0.2, 0.25) is 5.91 Å². The maximum Gasteiger partial charge on any atom is 0.359 e. The lowest BCUT2D eigenvalue weighted by molar-refractivity contribution is -0.132. The van der Waals surface area contributed by atoms with Gasteiger partial charge < -0.3 is 14.4 Å². The second-order valence-corrected chi connectivity index (χ2v) is 6.84. The van der Waals surface area contributed by atoms with Crippen LogP contribution in [0.25, 0.3) is 5.69 Å². The number of halogens is 1. The number of hydrogen-bond acceptors (Lipinski definition) is 5. The van der Waals surface area contributed by atoms with Gasteiger partial charge in [0.15, 0.2) is 5.69 Å². The zero-order valence-corrected chi connectivity index (χ0v) is 16.9. The number of hydrogen-bond donors (Lipinski definition) is 0. The number of aromatic nitrogens is 2. The Bertz CT molecular complexity index is 848. The van der Waals surface area contributed by atoms with Crippen molar-refractivity contribution >= 4 is 23.5 Å². The summed E-state index contributed by atoms with van der Waals surface area (Å²) in [7, 11) is 1.61. The lowest BCUT2D eigenvalue weighted by Gasteiger charge is -2.28. The van der Waals surface area contributed by atoms with Crippen LogP contribution in [-0.4, -0.2) is 52.7 Å². The minimum Gasteiger partial charge on any atom is -0.497 e. The minimum absolute atomic E-state index is 0.0401. The van der Waals surface area contributed by atoms with Crippen molar-refractivity contribution < 1.29 is 19.1 Å². The Morgan fingerprint density at radius 3 is 2.64 bits per heavy atom. The summed E-state index contributed by atoms with van der Waals surface area (Å²) in [6.45, 7) is 2.95. The highest BCUT2D eigenvalue weighted by Crippen LogP contribution is 2.27. The van der Waals surface area contributed by atoms with E-state index in [1.54, 1.807) is 23.6 Å². The minimum atomic E-state index is -0.471. The van der Waals surface area contributed by atoms with Crippen LogP contribution >= 0.6 is 11.6 Å². The monoisotopic (exact) mass is 405 g/mol. The van der Waals surface area contributed by atoms with Crippen LogP contribution in [0.5, 0.6) is 5.75 Å². The highest BCUT2D eigenvalue weighted by molar-refractivity contribution is 6.17. The van der Waals surface area contributed by atoms with Gasteiger partial charge in [-0.15, -0.1) is 11.6 Å². The molecule has 0 saturated heterocycles. The molecule has 2 aromatic rings. The van der Waals surface area contributed by atoms with Crippen molar-refractivity contribution in [2.24, 2.45) is 0 Å². The van der Waals surface area contributed by atoms with Gasteiger partial charge >= 0.3 is 5.97 Å². The van der Waals surface area contributed by atoms with Crippen molar-refractivity contribution in [3.05, 3.63) is 41.2 Å². The average molecular weight is 406 g/mol. The molecule has 150 valence electrons. The molecule has 8 heteroatoms. The summed E-state index contributed by atoms with van der Waals surface area (Å²) in [5.41, 5.74) is 2.77. The first kappa shape index (κ1) is 20.2. The summed E-state index contributed by atoms with van der Waals surface area (Å²) in [6, 6.07) is 7.47. The Morgan fingerprint density at radius 2 is 2.00 bits per heavy atom. The van der Waals surface area contributed by atoms with E-state index >= 15 is 0 Å². The van der Waals surface area contributed by atoms with Crippen molar-refractivity contribution in [1.82, 2.24) is 14.7 Å². The topological polar surface area (TPSA) is 73.7 Å². The molecule has 1 aliphatic heterocycles. The van der Waals surface area contributed by atoms with E-state index in [1.807, 2.05) is 24.3 Å². The quantitative estimate of drug-likeness (QED) is 0.523. The Kier molecular flexibility index (Phi) is 6.57. The van der Waals surface area contributed by atoms with Gasteiger partial charge in [0.25, 0.3) is 0 Å². The lowest BCUT2D eigenvalue weighted by atomic mass is 10.0. The first-order valence-electron chi connectivity index (χ1n) is 9.35. The molecule has 0 fully saturated rings. The number of carbonyl (C=O) groups is 2. The summed E-state index contributed by atoms with van der Waals surface area (Å²) in [5, 5.41) is 4.53. The maximum atomic E-state index is 12.5. The number of amides is 1. The third kappa shape index (κ3) is 4.14. The third-order valence-electron chi connectivity index (χ3n) is 4.72. The highest BCUT2D eigenvalue weighted by atomic mass is 35.5. The van der Waals surface area contributed by atoms with Gasteiger partial charge in [-0.25, -0.2) is 9.48 Å². The van der Waals surface area contributed by atoms with Crippen molar-refractivity contribution in [1.29, 1.82) is 0 Å². The van der Waals surface area contributed by atoms with E-state index in [9.17, 15) is 9.59 Å². The fourth-order valence-electron chi connectivity index (χ4n) is 3.31. The molecule has 0 aliphatic carbocycles. The number of benzene rings is 1. The number of esters is 1. The number of rotatable bonds is 7. The molecule has 28 heavy (non-hydrogen) atoms. The van der Waals surface area contributed by atoms with Crippen LogP contribution in [0.4, 0.5) is 0 Å². The van der Waals surface area contributed by atoms with E-state index in [2.05, 4.69) is 5.10 Å². The van der Waals surface area contributed by atoms with Crippen molar-refractivity contribution in [3.8, 4) is 11.4 Å². The van der Waals surface area contributed by atoms with Crippen molar-refractivity contribution in [2.45, 2.75) is 32.7 Å². The van der Waals surface area contributed by atoms with Gasteiger partial charge in [-0.1, -0.05) is 0 Å². The van der Waals surface area contributed by atoms with E-state index in [0.717, 1.165) is 22.7 Å². The molecule has 3 rings (SSSR count). The largest absolute Gasteiger partial charge is 0.497 e. The number of methoxy groups -OCH3 is 1. The van der Waals surface area contributed by atoms with E-state index < -0.39 is 5.97 Å². The van der Waals surface area contributed by atoms with Gasteiger partial charge in [0, 0.05) is 37.4 Å². The number of nitrogens with zero attached hydrogens (tertiary/aromatic N) is 3. The van der Waals surface area contributed by atoms with Gasteiger partial charge in [-0.3, -0.25) is 4.79 Å². The number of carbonyl (C=O) groups excluding carboxylic acids is 2. The number of fused-ring (bicyclic) bond motifs is 1. The zero-order chi connectivity index (χ0) is 20.1. The smallest absolute Gasteiger partial charge is 0.359 e. The molecule has 7 nitrogen and oxygen atoms in total. The van der Waals surface area contributed by atoms with Crippen LogP contribution < -0.4 is 4.74 Å². The first-order valence-corrected chi connectivity index (χ1v) is 9.88. The normalized spacial score (nSPS) is 13.2. The van der Waals surface area contributed by atoms with E-state index in [1.165, 1.54) is 0 Å². The molecule has 0 spiro atoms. The van der Waals surface area contributed by atoms with Crippen LogP contribution in [0.2, 0.25) is 0 Å². The summed E-state index contributed by atoms with van der Waals surface area (Å²) in [4.78, 5) is 26.7. The fourth-order valence-corrected chi connectivity index (χ4v) is 3.44. The highest BCUT2D eigenvalue weighted by Gasteiger charge is 2.31. The predicted molar refractivity (Wildman–Crippen MR) is 105 cm³/mol. The Morgan fingerprint density at radius 1 is 1.25 bits per heavy atom. The first-order chi connectivity index (χ1) is 13.6. The van der Waals surface area contributed by atoms with Crippen molar-refractivity contribution in [2.75, 3.05) is 26.1 Å². The molecule has 1 amide bonds. The molecule has 0 saturated carbocycles. The standard InChI is InChI=1S/C20H24ClN3O4/c1-3-28-20(26)19-16-13-23(18(25)5-4-11-21)12-10-17(16)24(22-19)14-6-8-15(27-2)9-7-14/h6-9H,3-5,10-13H2,1-2H3. The van der Waals surface area contributed by atoms with E-state index in [4.69, 9.17) is 21.1 Å². The number of ether oxygens (including phenoxy) is 2. The van der Waals surface area contributed by atoms with Crippen LogP contribution in [0.3, 0.4) is 0 Å². The van der Waals surface area contributed by atoms with Crippen LogP contribution in [-0.2, 0) is 22.5 Å². The van der Waals surface area contributed by atoms with Crippen LogP contribution in [0.15, 0.2) is 24.3 Å². The Balaban J connectivity index is 1.96. The molecular formula is C20H24ClN3O4. The van der Waals surface area contributed by atoms with E-state index in [0.29, 0.717) is 38.2 Å². The summed E-state index contributed by atoms with van der Waals surface area (Å²) in [5.74, 6) is 0.764. The second kappa shape index (κ2) is 9.10. The van der Waals surface area contributed by atoms with Gasteiger partial charge in [0.05, 0.1) is 25.1 Å². The van der Waals surface area contributed by atoms with Crippen molar-refractivity contribution in [3.63, 3.8) is 0 Å². The molecule has 1 aromatic carbocycles. The molecule has 0 bridgehead atoms. The fraction of sp³-hybridized carbons (Fsp3) is 0.450. The molecule has 0 unspecified atom stereocenters. The van der Waals surface area contributed by atoms with Gasteiger partial charge in [-0.2, -0.15) is 5.10 Å². The third-order valence-corrected chi connectivity index (χ3v) is 4.99.